The number of nitrogens with one attached hydrogen (secondary N) is 2. The third-order valence-corrected chi connectivity index (χ3v) is 4.89. The van der Waals surface area contributed by atoms with Crippen LogP contribution in [0.3, 0.4) is 0 Å². The fourth-order valence-electron chi connectivity index (χ4n) is 3.48. The molecule has 0 saturated carbocycles. The zero-order valence-electron chi connectivity index (χ0n) is 17.7. The minimum atomic E-state index is -0.564. The highest BCUT2D eigenvalue weighted by molar-refractivity contribution is 14.0. The van der Waals surface area contributed by atoms with Crippen LogP contribution < -0.4 is 15.5 Å². The molecule has 2 aromatic rings. The summed E-state index contributed by atoms with van der Waals surface area (Å²) in [5.74, 6) is -0.0125. The van der Waals surface area contributed by atoms with E-state index in [9.17, 15) is 13.6 Å². The minimum Gasteiger partial charge on any atom is -0.465 e. The van der Waals surface area contributed by atoms with E-state index in [2.05, 4.69) is 15.6 Å². The van der Waals surface area contributed by atoms with Gasteiger partial charge >= 0.3 is 5.97 Å². The zero-order valence-corrected chi connectivity index (χ0v) is 20.0. The Balaban J connectivity index is 0.00000341. The lowest BCUT2D eigenvalue weighted by atomic mass is 10.2. The number of rotatable bonds is 6. The molecule has 1 saturated heterocycles. The first-order valence-electron chi connectivity index (χ1n) is 9.84. The average molecular weight is 548 g/mol. The second kappa shape index (κ2) is 11.3. The van der Waals surface area contributed by atoms with Gasteiger partial charge in [0.05, 0.1) is 7.11 Å². The van der Waals surface area contributed by atoms with Gasteiger partial charge in [-0.1, -0.05) is 6.07 Å². The number of esters is 1. The van der Waals surface area contributed by atoms with E-state index in [0.717, 1.165) is 0 Å². The van der Waals surface area contributed by atoms with Crippen molar-refractivity contribution in [2.24, 2.45) is 4.99 Å². The average Bonchev–Trinajstić information content (AvgIpc) is 3.32. The summed E-state index contributed by atoms with van der Waals surface area (Å²) in [6.07, 6.45) is 0.713. The Hall–Kier alpha value is -2.37. The molecule has 0 radical (unpaired) electrons. The van der Waals surface area contributed by atoms with Gasteiger partial charge in [-0.2, -0.15) is 0 Å². The molecule has 3 rings (SSSR count). The topological polar surface area (TPSA) is 79.1 Å². The predicted molar refractivity (Wildman–Crippen MR) is 125 cm³/mol. The number of benzene rings is 1. The molecular formula is C21H27F2IN4O3. The van der Waals surface area contributed by atoms with Gasteiger partial charge in [0.25, 0.3) is 0 Å². The normalized spacial score (nSPS) is 16.1. The van der Waals surface area contributed by atoms with Gasteiger partial charge in [0.15, 0.2) is 5.96 Å². The SMILES string of the molecule is CCNC(=NCc1cc(C(=O)OC)c(C)o1)NC1CCN(c2c(F)cccc2F)C1.I. The number of carbonyl (C=O) groups excluding carboxylic acids is 1. The van der Waals surface area contributed by atoms with E-state index in [1.54, 1.807) is 17.9 Å². The molecule has 1 atom stereocenters. The quantitative estimate of drug-likeness (QED) is 0.249. The molecule has 7 nitrogen and oxygen atoms in total. The lowest BCUT2D eigenvalue weighted by Crippen LogP contribution is -2.44. The summed E-state index contributed by atoms with van der Waals surface area (Å²) in [4.78, 5) is 17.9. The second-order valence-corrected chi connectivity index (χ2v) is 7.02. The standard InChI is InChI=1S/C21H26F2N4O3.HI/c1-4-24-21(25-11-15-10-16(13(2)30-15)20(28)29-3)26-14-8-9-27(12-14)19-17(22)6-5-7-18(19)23;/h5-7,10,14H,4,8-9,11-12H2,1-3H3,(H2,24,25,26);1H. The first-order chi connectivity index (χ1) is 14.4. The van der Waals surface area contributed by atoms with Crippen LogP contribution >= 0.6 is 24.0 Å². The highest BCUT2D eigenvalue weighted by atomic mass is 127. The van der Waals surface area contributed by atoms with E-state index < -0.39 is 17.6 Å². The largest absolute Gasteiger partial charge is 0.465 e. The maximum atomic E-state index is 14.1. The Kier molecular flexibility index (Phi) is 9.08. The summed E-state index contributed by atoms with van der Waals surface area (Å²) in [5.41, 5.74) is 0.379. The van der Waals surface area contributed by atoms with Crippen molar-refractivity contribution in [3.8, 4) is 0 Å². The Morgan fingerprint density at radius 2 is 2.06 bits per heavy atom. The van der Waals surface area contributed by atoms with Gasteiger partial charge in [-0.05, 0) is 38.5 Å². The van der Waals surface area contributed by atoms with E-state index in [0.29, 0.717) is 49.1 Å². The van der Waals surface area contributed by atoms with Crippen LogP contribution in [0.25, 0.3) is 0 Å². The molecule has 1 aliphatic heterocycles. The molecular weight excluding hydrogens is 521 g/mol. The zero-order chi connectivity index (χ0) is 21.7. The molecule has 1 aromatic heterocycles. The van der Waals surface area contributed by atoms with E-state index in [4.69, 9.17) is 9.15 Å². The molecule has 1 unspecified atom stereocenters. The van der Waals surface area contributed by atoms with Crippen LogP contribution in [0.1, 0.15) is 35.2 Å². The summed E-state index contributed by atoms with van der Waals surface area (Å²) < 4.78 is 38.4. The minimum absolute atomic E-state index is 0. The van der Waals surface area contributed by atoms with Crippen LogP contribution in [0.4, 0.5) is 14.5 Å². The van der Waals surface area contributed by atoms with Crippen molar-refractivity contribution in [1.29, 1.82) is 0 Å². The number of hydrogen-bond donors (Lipinski definition) is 2. The summed E-state index contributed by atoms with van der Waals surface area (Å²) >= 11 is 0. The Morgan fingerprint density at radius 3 is 2.71 bits per heavy atom. The van der Waals surface area contributed by atoms with Gasteiger partial charge in [-0.25, -0.2) is 18.6 Å². The molecule has 2 heterocycles. The van der Waals surface area contributed by atoms with Crippen molar-refractivity contribution in [2.75, 3.05) is 31.6 Å². The second-order valence-electron chi connectivity index (χ2n) is 7.02. The van der Waals surface area contributed by atoms with Crippen LogP contribution in [0.5, 0.6) is 0 Å². The van der Waals surface area contributed by atoms with Crippen LogP contribution in [-0.2, 0) is 11.3 Å². The summed E-state index contributed by atoms with van der Waals surface area (Å²) in [7, 11) is 1.32. The lowest BCUT2D eigenvalue weighted by Gasteiger charge is -2.21. The monoisotopic (exact) mass is 548 g/mol. The summed E-state index contributed by atoms with van der Waals surface area (Å²) in [5, 5.41) is 6.45. The third kappa shape index (κ3) is 6.08. The number of carbonyl (C=O) groups is 1. The maximum absolute atomic E-state index is 14.1. The number of aryl methyl sites for hydroxylation is 1. The van der Waals surface area contributed by atoms with Gasteiger partial charge in [0, 0.05) is 25.7 Å². The molecule has 10 heteroatoms. The Morgan fingerprint density at radius 1 is 1.35 bits per heavy atom. The lowest BCUT2D eigenvalue weighted by molar-refractivity contribution is 0.0599. The molecule has 1 aromatic carbocycles. The van der Waals surface area contributed by atoms with Crippen molar-refractivity contribution < 1.29 is 22.7 Å². The van der Waals surface area contributed by atoms with Crippen LogP contribution in [-0.4, -0.2) is 44.7 Å². The molecule has 1 aliphatic rings. The van der Waals surface area contributed by atoms with Gasteiger partial charge in [0.1, 0.15) is 41.0 Å². The number of halogens is 3. The number of para-hydroxylation sites is 1. The summed E-state index contributed by atoms with van der Waals surface area (Å²) in [6.45, 7) is 5.50. The van der Waals surface area contributed by atoms with E-state index in [1.807, 2.05) is 6.92 Å². The third-order valence-electron chi connectivity index (χ3n) is 4.89. The number of aliphatic imine (C=N–C) groups is 1. The van der Waals surface area contributed by atoms with Gasteiger partial charge in [-0.3, -0.25) is 0 Å². The predicted octanol–water partition coefficient (Wildman–Crippen LogP) is 3.60. The molecule has 2 N–H and O–H groups in total. The van der Waals surface area contributed by atoms with Crippen molar-refractivity contribution in [3.63, 3.8) is 0 Å². The van der Waals surface area contributed by atoms with E-state index >= 15 is 0 Å². The van der Waals surface area contributed by atoms with Crippen molar-refractivity contribution in [1.82, 2.24) is 10.6 Å². The van der Waals surface area contributed by atoms with E-state index in [-0.39, 0.29) is 42.3 Å². The van der Waals surface area contributed by atoms with Gasteiger partial charge in [0.2, 0.25) is 0 Å². The van der Waals surface area contributed by atoms with Crippen LogP contribution in [0.2, 0.25) is 0 Å². The van der Waals surface area contributed by atoms with Crippen molar-refractivity contribution >= 4 is 41.6 Å². The number of nitrogens with zero attached hydrogens (tertiary/aromatic N) is 2. The number of furan rings is 1. The molecule has 0 spiro atoms. The van der Waals surface area contributed by atoms with E-state index in [1.165, 1.54) is 25.3 Å². The number of ether oxygens (including phenoxy) is 1. The number of anilines is 1. The highest BCUT2D eigenvalue weighted by Crippen LogP contribution is 2.26. The summed E-state index contributed by atoms with van der Waals surface area (Å²) in [6, 6.07) is 5.48. The molecule has 1 fully saturated rings. The van der Waals surface area contributed by atoms with Crippen molar-refractivity contribution in [2.45, 2.75) is 32.9 Å². The molecule has 31 heavy (non-hydrogen) atoms. The molecule has 170 valence electrons. The van der Waals surface area contributed by atoms with Crippen molar-refractivity contribution in [3.05, 3.63) is 53.0 Å². The molecule has 0 amide bonds. The van der Waals surface area contributed by atoms with Crippen LogP contribution in [0.15, 0.2) is 33.7 Å². The number of methoxy groups -OCH3 is 1. The van der Waals surface area contributed by atoms with Gasteiger partial charge in [-0.15, -0.1) is 24.0 Å². The molecule has 0 aliphatic carbocycles. The molecule has 0 bridgehead atoms. The smallest absolute Gasteiger partial charge is 0.341 e. The maximum Gasteiger partial charge on any atom is 0.341 e. The van der Waals surface area contributed by atoms with Gasteiger partial charge < -0.3 is 24.7 Å². The number of guanidine groups is 1. The first kappa shape index (κ1) is 24.9. The van der Waals surface area contributed by atoms with Crippen LogP contribution in [0, 0.1) is 18.6 Å². The number of hydrogen-bond acceptors (Lipinski definition) is 5. The highest BCUT2D eigenvalue weighted by Gasteiger charge is 2.27. The first-order valence-corrected chi connectivity index (χ1v) is 9.84. The Bertz CT molecular complexity index is 915. The fourth-order valence-corrected chi connectivity index (χ4v) is 3.48. The Labute approximate surface area is 197 Å². The fraction of sp³-hybridized carbons (Fsp3) is 0.429.